The molecule has 0 bridgehead atoms. The summed E-state index contributed by atoms with van der Waals surface area (Å²) in [5.74, 6) is -0.0875. The molecule has 0 radical (unpaired) electrons. The number of carbonyl (C=O) groups excluding carboxylic acids is 1. The maximum atomic E-state index is 12.4. The van der Waals surface area contributed by atoms with E-state index >= 15 is 0 Å². The second-order valence-electron chi connectivity index (χ2n) is 5.55. The Kier molecular flexibility index (Phi) is 5.98. The molecule has 6 heteroatoms. The maximum Gasteiger partial charge on any atom is 0.261 e. The summed E-state index contributed by atoms with van der Waals surface area (Å²) in [5.41, 5.74) is 2.41. The van der Waals surface area contributed by atoms with Crippen LogP contribution in [0.2, 0.25) is 0 Å². The molecule has 2 N–H and O–H groups in total. The van der Waals surface area contributed by atoms with E-state index in [2.05, 4.69) is 17.0 Å². The molecule has 0 heterocycles. The van der Waals surface area contributed by atoms with Crippen molar-refractivity contribution in [2.75, 3.05) is 11.8 Å². The zero-order valence-corrected chi connectivity index (χ0v) is 14.7. The number of anilines is 1. The summed E-state index contributed by atoms with van der Waals surface area (Å²) in [6.07, 6.45) is 2.22. The van der Waals surface area contributed by atoms with Gasteiger partial charge in [0.25, 0.3) is 10.0 Å². The van der Waals surface area contributed by atoms with Crippen LogP contribution in [0.5, 0.6) is 0 Å². The Morgan fingerprint density at radius 2 is 1.54 bits per heavy atom. The molecule has 0 fully saturated rings. The van der Waals surface area contributed by atoms with Crippen molar-refractivity contribution in [3.63, 3.8) is 0 Å². The number of sulfonamides is 1. The third-order valence-corrected chi connectivity index (χ3v) is 5.02. The number of hydrogen-bond acceptors (Lipinski definition) is 3. The standard InChI is InChI=1S/C18H22N2O3S/c1-3-4-14-7-11-17(12-8-14)24(22,23)20-16-9-5-15(6-10-16)13-18(21)19-2/h5-12,20H,3-4,13H2,1-2H3,(H,19,21). The first kappa shape index (κ1) is 18.0. The summed E-state index contributed by atoms with van der Waals surface area (Å²) in [7, 11) is -2.03. The van der Waals surface area contributed by atoms with Crippen molar-refractivity contribution in [3.05, 3.63) is 59.7 Å². The number of carbonyl (C=O) groups is 1. The number of hydrogen-bond donors (Lipinski definition) is 2. The third kappa shape index (κ3) is 4.83. The largest absolute Gasteiger partial charge is 0.359 e. The van der Waals surface area contributed by atoms with Gasteiger partial charge in [0.05, 0.1) is 11.3 Å². The predicted octanol–water partition coefficient (Wildman–Crippen LogP) is 2.73. The summed E-state index contributed by atoms with van der Waals surface area (Å²) in [6, 6.07) is 13.7. The van der Waals surface area contributed by atoms with Gasteiger partial charge in [0, 0.05) is 12.7 Å². The molecule has 1 amide bonds. The van der Waals surface area contributed by atoms with E-state index in [1.807, 2.05) is 12.1 Å². The Morgan fingerprint density at radius 3 is 2.08 bits per heavy atom. The molecule has 0 aromatic heterocycles. The lowest BCUT2D eigenvalue weighted by Gasteiger charge is -2.09. The van der Waals surface area contributed by atoms with Gasteiger partial charge in [-0.1, -0.05) is 37.6 Å². The van der Waals surface area contributed by atoms with E-state index in [-0.39, 0.29) is 17.2 Å². The Balaban J connectivity index is 2.09. The average molecular weight is 346 g/mol. The van der Waals surface area contributed by atoms with Crippen LogP contribution in [-0.4, -0.2) is 21.4 Å². The SMILES string of the molecule is CCCc1ccc(S(=O)(=O)Nc2ccc(CC(=O)NC)cc2)cc1. The highest BCUT2D eigenvalue weighted by Gasteiger charge is 2.14. The average Bonchev–Trinajstić information content (AvgIpc) is 2.57. The molecule has 5 nitrogen and oxygen atoms in total. The van der Waals surface area contributed by atoms with Crippen molar-refractivity contribution in [2.24, 2.45) is 0 Å². The molecule has 0 atom stereocenters. The van der Waals surface area contributed by atoms with Gasteiger partial charge in [-0.3, -0.25) is 9.52 Å². The van der Waals surface area contributed by atoms with Crippen molar-refractivity contribution >= 4 is 21.6 Å². The van der Waals surface area contributed by atoms with E-state index < -0.39 is 10.0 Å². The van der Waals surface area contributed by atoms with Crippen molar-refractivity contribution in [3.8, 4) is 0 Å². The summed E-state index contributed by atoms with van der Waals surface area (Å²) in [4.78, 5) is 11.6. The van der Waals surface area contributed by atoms with Crippen molar-refractivity contribution < 1.29 is 13.2 Å². The highest BCUT2D eigenvalue weighted by atomic mass is 32.2. The van der Waals surface area contributed by atoms with Gasteiger partial charge in [-0.2, -0.15) is 0 Å². The van der Waals surface area contributed by atoms with E-state index in [9.17, 15) is 13.2 Å². The smallest absolute Gasteiger partial charge is 0.261 e. The minimum atomic E-state index is -3.61. The fourth-order valence-corrected chi connectivity index (χ4v) is 3.36. The second-order valence-corrected chi connectivity index (χ2v) is 7.23. The first-order valence-corrected chi connectivity index (χ1v) is 9.34. The summed E-state index contributed by atoms with van der Waals surface area (Å²) < 4.78 is 27.4. The Bertz CT molecular complexity index is 782. The van der Waals surface area contributed by atoms with Gasteiger partial charge in [-0.25, -0.2) is 8.42 Å². The van der Waals surface area contributed by atoms with Gasteiger partial charge < -0.3 is 5.32 Å². The molecule has 0 aliphatic rings. The second kappa shape index (κ2) is 7.97. The fourth-order valence-electron chi connectivity index (χ4n) is 2.30. The van der Waals surface area contributed by atoms with Crippen LogP contribution in [0.15, 0.2) is 53.4 Å². The van der Waals surface area contributed by atoms with Crippen LogP contribution < -0.4 is 10.0 Å². The van der Waals surface area contributed by atoms with Gasteiger partial charge in [0.15, 0.2) is 0 Å². The highest BCUT2D eigenvalue weighted by molar-refractivity contribution is 7.92. The molecular formula is C18H22N2O3S. The van der Waals surface area contributed by atoms with Crippen LogP contribution in [-0.2, 0) is 27.7 Å². The van der Waals surface area contributed by atoms with Gasteiger partial charge in [0.1, 0.15) is 0 Å². The number of amides is 1. The molecule has 0 saturated carbocycles. The number of nitrogens with one attached hydrogen (secondary N) is 2. The molecule has 24 heavy (non-hydrogen) atoms. The van der Waals surface area contributed by atoms with E-state index in [1.165, 1.54) is 0 Å². The van der Waals surface area contributed by atoms with Gasteiger partial charge in [0.2, 0.25) is 5.91 Å². The fraction of sp³-hybridized carbons (Fsp3) is 0.278. The van der Waals surface area contributed by atoms with Gasteiger partial charge in [-0.05, 0) is 41.8 Å². The molecule has 0 spiro atoms. The lowest BCUT2D eigenvalue weighted by Crippen LogP contribution is -2.19. The lowest BCUT2D eigenvalue weighted by molar-refractivity contribution is -0.119. The first-order valence-electron chi connectivity index (χ1n) is 7.86. The lowest BCUT2D eigenvalue weighted by atomic mass is 10.1. The van der Waals surface area contributed by atoms with Crippen molar-refractivity contribution in [2.45, 2.75) is 31.1 Å². The minimum Gasteiger partial charge on any atom is -0.359 e. The maximum absolute atomic E-state index is 12.4. The number of rotatable bonds is 7. The van der Waals surface area contributed by atoms with Crippen molar-refractivity contribution in [1.29, 1.82) is 0 Å². The van der Waals surface area contributed by atoms with Gasteiger partial charge >= 0.3 is 0 Å². The van der Waals surface area contributed by atoms with E-state index in [0.717, 1.165) is 24.0 Å². The van der Waals surface area contributed by atoms with Crippen LogP contribution in [0.3, 0.4) is 0 Å². The van der Waals surface area contributed by atoms with Crippen LogP contribution in [0, 0.1) is 0 Å². The summed E-state index contributed by atoms with van der Waals surface area (Å²) >= 11 is 0. The molecular weight excluding hydrogens is 324 g/mol. The molecule has 0 unspecified atom stereocenters. The molecule has 2 aromatic rings. The van der Waals surface area contributed by atoms with Crippen LogP contribution in [0.4, 0.5) is 5.69 Å². The normalized spacial score (nSPS) is 11.1. The summed E-state index contributed by atoms with van der Waals surface area (Å²) in [5, 5.41) is 2.55. The number of benzene rings is 2. The number of likely N-dealkylation sites (N-methyl/N-ethyl adjacent to an activating group) is 1. The zero-order valence-electron chi connectivity index (χ0n) is 13.9. The Labute approximate surface area is 143 Å². The monoisotopic (exact) mass is 346 g/mol. The topological polar surface area (TPSA) is 75.3 Å². The molecule has 128 valence electrons. The van der Waals surface area contributed by atoms with Crippen LogP contribution in [0.25, 0.3) is 0 Å². The molecule has 0 aliphatic heterocycles. The Morgan fingerprint density at radius 1 is 0.958 bits per heavy atom. The molecule has 2 rings (SSSR count). The van der Waals surface area contributed by atoms with Crippen molar-refractivity contribution in [1.82, 2.24) is 5.32 Å². The molecule has 0 saturated heterocycles. The van der Waals surface area contributed by atoms with Gasteiger partial charge in [-0.15, -0.1) is 0 Å². The molecule has 0 aliphatic carbocycles. The minimum absolute atomic E-state index is 0.0875. The van der Waals surface area contributed by atoms with E-state index in [0.29, 0.717) is 5.69 Å². The first-order chi connectivity index (χ1) is 11.4. The third-order valence-electron chi connectivity index (χ3n) is 3.62. The predicted molar refractivity (Wildman–Crippen MR) is 95.5 cm³/mol. The van der Waals surface area contributed by atoms with Crippen LogP contribution in [0.1, 0.15) is 24.5 Å². The highest BCUT2D eigenvalue weighted by Crippen LogP contribution is 2.18. The summed E-state index contributed by atoms with van der Waals surface area (Å²) in [6.45, 7) is 2.08. The Hall–Kier alpha value is -2.34. The van der Waals surface area contributed by atoms with Crippen LogP contribution >= 0.6 is 0 Å². The molecule has 2 aromatic carbocycles. The van der Waals surface area contributed by atoms with E-state index in [4.69, 9.17) is 0 Å². The quantitative estimate of drug-likeness (QED) is 0.809. The van der Waals surface area contributed by atoms with E-state index in [1.54, 1.807) is 43.4 Å². The number of aryl methyl sites for hydroxylation is 1. The zero-order chi connectivity index (χ0) is 17.6.